The van der Waals surface area contributed by atoms with Crippen LogP contribution in [-0.4, -0.2) is 64.4 Å². The maximum atomic E-state index is 12.7. The minimum Gasteiger partial charge on any atom is -1.00 e. The summed E-state index contributed by atoms with van der Waals surface area (Å²) < 4.78 is 27.7. The summed E-state index contributed by atoms with van der Waals surface area (Å²) in [5.41, 5.74) is 0. The van der Waals surface area contributed by atoms with Crippen molar-refractivity contribution in [2.75, 3.05) is 6.54 Å². The van der Waals surface area contributed by atoms with Crippen LogP contribution in [-0.2, 0) is 38.4 Å². The monoisotopic (exact) mass is 438 g/mol. The van der Waals surface area contributed by atoms with Crippen LogP contribution in [0.5, 0.6) is 0 Å². The number of carboxylic acids is 1. The van der Waals surface area contributed by atoms with Crippen LogP contribution in [0.4, 0.5) is 0 Å². The molecule has 0 aromatic rings. The minimum atomic E-state index is -4.84. The maximum absolute atomic E-state index is 12.7. The van der Waals surface area contributed by atoms with E-state index in [1.165, 1.54) is 0 Å². The summed E-state index contributed by atoms with van der Waals surface area (Å²) in [4.78, 5) is 59.4. The Balaban J connectivity index is 0.00000225. The fourth-order valence-electron chi connectivity index (χ4n) is 3.58. The summed E-state index contributed by atoms with van der Waals surface area (Å²) in [6, 6.07) is 0. The van der Waals surface area contributed by atoms with Crippen molar-refractivity contribution in [3.8, 4) is 0 Å². The van der Waals surface area contributed by atoms with E-state index in [9.17, 15) is 37.5 Å². The zero-order valence-electron chi connectivity index (χ0n) is 16.7. The number of rotatable bonds is 6. The quantitative estimate of drug-likeness (QED) is 0.328. The zero-order valence-corrected chi connectivity index (χ0v) is 18.5. The topological polar surface area (TPSA) is 155 Å². The van der Waals surface area contributed by atoms with Gasteiger partial charge in [-0.1, -0.05) is 0 Å². The van der Waals surface area contributed by atoms with Crippen molar-refractivity contribution in [3.63, 3.8) is 0 Å². The molecule has 0 bridgehead atoms. The number of hydrogen-bond donors (Lipinski definition) is 1. The van der Waals surface area contributed by atoms with Gasteiger partial charge in [0.25, 0.3) is 23.6 Å². The first-order valence-corrected chi connectivity index (χ1v) is 10.0. The van der Waals surface area contributed by atoms with E-state index < -0.39 is 44.5 Å². The number of imide groups is 2. The fourth-order valence-corrected chi connectivity index (χ4v) is 5.03. The predicted octanol–water partition coefficient (Wildman–Crippen LogP) is -3.55. The molecule has 11 nitrogen and oxygen atoms in total. The van der Waals surface area contributed by atoms with Crippen LogP contribution >= 0.6 is 0 Å². The van der Waals surface area contributed by atoms with Gasteiger partial charge in [0, 0.05) is 31.5 Å². The molecule has 29 heavy (non-hydrogen) atoms. The van der Waals surface area contributed by atoms with Gasteiger partial charge in [0.2, 0.25) is 0 Å². The first kappa shape index (κ1) is 23.7. The third-order valence-corrected chi connectivity index (χ3v) is 7.19. The molecular formula is C16H19N2NaO9S. The number of aliphatic carboxylic acids is 1. The second-order valence-electron chi connectivity index (χ2n) is 6.97. The van der Waals surface area contributed by atoms with Crippen molar-refractivity contribution in [1.29, 1.82) is 0 Å². The van der Waals surface area contributed by atoms with Crippen molar-refractivity contribution >= 4 is 39.7 Å². The van der Waals surface area contributed by atoms with Gasteiger partial charge >= 0.3 is 45.6 Å². The summed E-state index contributed by atoms with van der Waals surface area (Å²) in [6.45, 7) is 0.0599. The number of carbonyl (C=O) groups excluding carboxylic acids is 4. The van der Waals surface area contributed by atoms with E-state index in [0.717, 1.165) is 17.1 Å². The normalized spacial score (nSPS) is 27.5. The Kier molecular flexibility index (Phi) is 7.05. The first-order valence-electron chi connectivity index (χ1n) is 8.64. The Bertz CT molecular complexity index is 862. The van der Waals surface area contributed by atoms with Gasteiger partial charge in [-0.05, 0) is 31.6 Å². The molecular weight excluding hydrogens is 419 g/mol. The van der Waals surface area contributed by atoms with Gasteiger partial charge in [-0.3, -0.25) is 28.9 Å². The summed E-state index contributed by atoms with van der Waals surface area (Å²) >= 11 is 0. The van der Waals surface area contributed by atoms with Crippen LogP contribution in [0, 0.1) is 5.92 Å². The molecule has 1 saturated heterocycles. The van der Waals surface area contributed by atoms with Gasteiger partial charge in [-0.15, -0.1) is 9.35 Å². The second-order valence-corrected chi connectivity index (χ2v) is 8.81. The van der Waals surface area contributed by atoms with E-state index in [4.69, 9.17) is 0 Å². The van der Waals surface area contributed by atoms with Crippen molar-refractivity contribution < 1.29 is 72.8 Å². The van der Waals surface area contributed by atoms with Gasteiger partial charge < -0.3 is 6.53 Å². The largest absolute Gasteiger partial charge is 1.00 e. The fraction of sp³-hybridized carbons (Fsp3) is 0.562. The molecule has 154 valence electrons. The predicted molar refractivity (Wildman–Crippen MR) is 90.4 cm³/mol. The number of hydroxylamine groups is 2. The van der Waals surface area contributed by atoms with Crippen LogP contribution in [0.3, 0.4) is 0 Å². The smallest absolute Gasteiger partial charge is 1.00 e. The Hall–Kier alpha value is -1.60. The van der Waals surface area contributed by atoms with E-state index in [-0.39, 0.29) is 87.0 Å². The van der Waals surface area contributed by atoms with Crippen LogP contribution < -0.4 is 29.6 Å². The average molecular weight is 438 g/mol. The number of carbonyl (C=O) groups is 5. The molecule has 3 rings (SSSR count). The standard InChI is InChI=1S/C16H18N2O9S.Na.H/c19-11-1-2-12(20)17(11)9-10-5-7-16(8-6-10,15(23)24)28(25,26)27-18-13(21)3-4-14(18)22;;/h1-2,10H,3-9H2,(H,23,24);;/q;+1;-1. The van der Waals surface area contributed by atoms with Gasteiger partial charge in [0.15, 0.2) is 4.75 Å². The Morgan fingerprint density at radius 3 is 2.03 bits per heavy atom. The molecule has 0 unspecified atom stereocenters. The molecule has 13 heteroatoms. The third-order valence-electron chi connectivity index (χ3n) is 5.30. The summed E-state index contributed by atoms with van der Waals surface area (Å²) in [5.74, 6) is -4.54. The van der Waals surface area contributed by atoms with E-state index in [1.54, 1.807) is 0 Å². The van der Waals surface area contributed by atoms with E-state index in [1.807, 2.05) is 0 Å². The first-order chi connectivity index (χ1) is 13.1. The second kappa shape index (κ2) is 8.64. The average Bonchev–Trinajstić information content (AvgIpc) is 3.12. The van der Waals surface area contributed by atoms with Gasteiger partial charge in [-0.25, -0.2) is 0 Å². The zero-order chi connectivity index (χ0) is 20.7. The Morgan fingerprint density at radius 1 is 1.10 bits per heavy atom. The Labute approximate surface area is 189 Å². The minimum absolute atomic E-state index is 0. The van der Waals surface area contributed by atoms with Crippen LogP contribution in [0.2, 0.25) is 0 Å². The van der Waals surface area contributed by atoms with Crippen molar-refractivity contribution in [3.05, 3.63) is 12.2 Å². The molecule has 1 aliphatic carbocycles. The van der Waals surface area contributed by atoms with E-state index >= 15 is 0 Å². The number of hydrogen-bond acceptors (Lipinski definition) is 8. The van der Waals surface area contributed by atoms with Crippen LogP contribution in [0.1, 0.15) is 40.0 Å². The maximum Gasteiger partial charge on any atom is 1.00 e. The summed E-state index contributed by atoms with van der Waals surface area (Å²) in [7, 11) is -4.84. The van der Waals surface area contributed by atoms with Crippen molar-refractivity contribution in [1.82, 2.24) is 9.96 Å². The molecule has 2 fully saturated rings. The molecule has 4 amide bonds. The molecule has 3 aliphatic rings. The molecule has 0 aromatic heterocycles. The van der Waals surface area contributed by atoms with Gasteiger partial charge in [-0.2, -0.15) is 8.42 Å². The van der Waals surface area contributed by atoms with E-state index in [0.29, 0.717) is 0 Å². The van der Waals surface area contributed by atoms with Gasteiger partial charge in [0.1, 0.15) is 0 Å². The van der Waals surface area contributed by atoms with Crippen LogP contribution in [0.25, 0.3) is 0 Å². The molecule has 0 aromatic carbocycles. The third kappa shape index (κ3) is 4.31. The molecule has 0 atom stereocenters. The molecule has 0 spiro atoms. The number of carboxylic acid groups (broad SMARTS) is 1. The van der Waals surface area contributed by atoms with Gasteiger partial charge in [0.05, 0.1) is 0 Å². The molecule has 2 heterocycles. The van der Waals surface area contributed by atoms with E-state index in [2.05, 4.69) is 4.28 Å². The SMILES string of the molecule is O=C1C=CC(=O)N1CC1CCC(C(=O)O)(S(=O)(=O)ON2C(=O)CCC2=O)CC1.[H-].[Na+]. The van der Waals surface area contributed by atoms with Crippen molar-refractivity contribution in [2.45, 2.75) is 43.3 Å². The Morgan fingerprint density at radius 2 is 1.59 bits per heavy atom. The number of nitrogens with zero attached hydrogens (tertiary/aromatic N) is 2. The van der Waals surface area contributed by atoms with Crippen molar-refractivity contribution in [2.24, 2.45) is 5.92 Å². The summed E-state index contributed by atoms with van der Waals surface area (Å²) in [5, 5.41) is 9.72. The molecule has 0 radical (unpaired) electrons. The molecule has 1 N–H and O–H groups in total. The molecule has 2 aliphatic heterocycles. The summed E-state index contributed by atoms with van der Waals surface area (Å²) in [6.07, 6.45) is 1.39. The number of amides is 4. The van der Waals surface area contributed by atoms with Crippen LogP contribution in [0.15, 0.2) is 12.2 Å². The molecule has 1 saturated carbocycles.